The maximum absolute atomic E-state index is 11.9. The summed E-state index contributed by atoms with van der Waals surface area (Å²) in [5.74, 6) is -1.01. The van der Waals surface area contributed by atoms with E-state index in [0.29, 0.717) is 42.7 Å². The van der Waals surface area contributed by atoms with Crippen molar-refractivity contribution < 1.29 is 23.4 Å². The highest BCUT2D eigenvalue weighted by Gasteiger charge is 2.56. The summed E-state index contributed by atoms with van der Waals surface area (Å²) in [6.07, 6.45) is 2.80. The molecule has 2 heterocycles. The summed E-state index contributed by atoms with van der Waals surface area (Å²) in [5, 5.41) is 14.3. The Balaban J connectivity index is 1.64. The fourth-order valence-corrected chi connectivity index (χ4v) is 18.4. The number of ether oxygens (including phenoxy) is 2. The van der Waals surface area contributed by atoms with Gasteiger partial charge in [-0.05, 0) is 51.3 Å². The van der Waals surface area contributed by atoms with Crippen LogP contribution in [-0.4, -0.2) is 59.1 Å². The van der Waals surface area contributed by atoms with Gasteiger partial charge in [0.25, 0.3) is 8.32 Å². The number of aliphatic hydroxyl groups is 1. The van der Waals surface area contributed by atoms with E-state index in [9.17, 15) is 5.11 Å². The molecule has 0 bridgehead atoms. The molecule has 2 aromatic carbocycles. The molecule has 7 heteroatoms. The zero-order valence-electron chi connectivity index (χ0n) is 28.3. The summed E-state index contributed by atoms with van der Waals surface area (Å²) < 4.78 is 27.6. The highest BCUT2D eigenvalue weighted by molar-refractivity contribution is 6.99. The fraction of sp³-hybridized carbons (Fsp3) is 0.667. The Hall–Kier alpha value is -1.33. The quantitative estimate of drug-likeness (QED) is 0.261. The molecule has 4 atom stereocenters. The van der Waals surface area contributed by atoms with Crippen LogP contribution in [0.4, 0.5) is 0 Å². The minimum Gasteiger partial charge on any atom is -0.410 e. The van der Waals surface area contributed by atoms with Crippen LogP contribution in [0.15, 0.2) is 60.7 Å². The molecule has 0 radical (unpaired) electrons. The van der Waals surface area contributed by atoms with Crippen molar-refractivity contribution in [2.75, 3.05) is 13.2 Å². The van der Waals surface area contributed by atoms with Crippen LogP contribution >= 0.6 is 0 Å². The molecule has 2 saturated heterocycles. The molecule has 0 amide bonds. The molecule has 1 N–H and O–H groups in total. The third-order valence-corrected chi connectivity index (χ3v) is 21.3. The van der Waals surface area contributed by atoms with Crippen molar-refractivity contribution in [3.8, 4) is 0 Å². The Bertz CT molecular complexity index is 1060. The Labute approximate surface area is 263 Å². The van der Waals surface area contributed by atoms with Gasteiger partial charge in [-0.1, -0.05) is 123 Å². The molecule has 43 heavy (non-hydrogen) atoms. The summed E-state index contributed by atoms with van der Waals surface area (Å²) in [5.41, 5.74) is 1.30. The molecule has 1 spiro atoms. The number of benzene rings is 2. The first kappa shape index (κ1) is 34.5. The van der Waals surface area contributed by atoms with E-state index in [4.69, 9.17) is 18.3 Å². The molecule has 4 rings (SSSR count). The molecule has 240 valence electrons. The first-order chi connectivity index (χ1) is 20.3. The third-order valence-electron chi connectivity index (χ3n) is 10.2. The second-order valence-electron chi connectivity index (χ2n) is 14.8. The van der Waals surface area contributed by atoms with Crippen molar-refractivity contribution in [1.29, 1.82) is 0 Å². The van der Waals surface area contributed by atoms with E-state index < -0.39 is 28.5 Å². The summed E-state index contributed by atoms with van der Waals surface area (Å²) in [4.78, 5) is 0. The van der Waals surface area contributed by atoms with E-state index in [2.05, 4.69) is 123 Å². The summed E-state index contributed by atoms with van der Waals surface area (Å²) in [6.45, 7) is 22.0. The largest absolute Gasteiger partial charge is 0.410 e. The molecule has 5 nitrogen and oxygen atoms in total. The van der Waals surface area contributed by atoms with E-state index in [1.54, 1.807) is 0 Å². The average molecular weight is 627 g/mol. The molecule has 0 aromatic heterocycles. The van der Waals surface area contributed by atoms with Gasteiger partial charge in [0, 0.05) is 19.4 Å². The number of hydrogen-bond acceptors (Lipinski definition) is 5. The lowest BCUT2D eigenvalue weighted by atomic mass is 9.89. The van der Waals surface area contributed by atoms with Gasteiger partial charge in [0.05, 0.1) is 18.8 Å². The fourth-order valence-electron chi connectivity index (χ4n) is 8.25. The van der Waals surface area contributed by atoms with Crippen LogP contribution in [0.1, 0.15) is 94.4 Å². The van der Waals surface area contributed by atoms with Crippen LogP contribution in [0.3, 0.4) is 0 Å². The Morgan fingerprint density at radius 2 is 1.40 bits per heavy atom. The predicted octanol–water partition coefficient (Wildman–Crippen LogP) is 7.56. The van der Waals surface area contributed by atoms with E-state index in [-0.39, 0.29) is 17.2 Å². The monoisotopic (exact) mass is 626 g/mol. The van der Waals surface area contributed by atoms with Crippen LogP contribution in [0.25, 0.3) is 0 Å². The summed E-state index contributed by atoms with van der Waals surface area (Å²) >= 11 is 0. The lowest BCUT2D eigenvalue weighted by molar-refractivity contribution is -0.351. The van der Waals surface area contributed by atoms with Crippen LogP contribution in [-0.2, 0) is 18.3 Å². The van der Waals surface area contributed by atoms with E-state index in [1.807, 2.05) is 0 Å². The van der Waals surface area contributed by atoms with Crippen molar-refractivity contribution in [2.24, 2.45) is 0 Å². The molecule has 2 fully saturated rings. The number of rotatable bonds is 11. The summed E-state index contributed by atoms with van der Waals surface area (Å²) in [6, 6.07) is 21.6. The smallest absolute Gasteiger partial charge is 0.261 e. The van der Waals surface area contributed by atoms with Gasteiger partial charge in [0.15, 0.2) is 5.79 Å². The van der Waals surface area contributed by atoms with Gasteiger partial charge in [0.1, 0.15) is 6.10 Å². The van der Waals surface area contributed by atoms with Gasteiger partial charge < -0.3 is 23.4 Å². The second kappa shape index (κ2) is 14.0. The zero-order valence-corrected chi connectivity index (χ0v) is 30.3. The van der Waals surface area contributed by atoms with Crippen molar-refractivity contribution in [2.45, 2.75) is 140 Å². The lowest BCUT2D eigenvalue weighted by Gasteiger charge is -2.53. The number of aliphatic hydroxyl groups excluding tert-OH is 1. The normalized spacial score (nSPS) is 25.7. The molecule has 2 aliphatic heterocycles. The third kappa shape index (κ3) is 6.79. The standard InChI is InChI=1S/C36H58O5Si2/c1-27(2)42(28(3)4,29(5)6)41-33-26-30(40-36(34(33)37)23-16-17-24-38-36)22-25-39-43(35(7,8)9,31-18-12-10-13-19-31)32-20-14-11-15-21-32/h10-15,18-21,27-30,33-34,37H,16-17,22-26H2,1-9H3/t30-,33-,34+,36-/m1/s1. The van der Waals surface area contributed by atoms with E-state index in [1.165, 1.54) is 10.4 Å². The highest BCUT2D eigenvalue weighted by atomic mass is 28.4. The van der Waals surface area contributed by atoms with Gasteiger partial charge in [-0.3, -0.25) is 0 Å². The minimum absolute atomic E-state index is 0.0876. The predicted molar refractivity (Wildman–Crippen MR) is 182 cm³/mol. The Morgan fingerprint density at radius 3 is 1.84 bits per heavy atom. The van der Waals surface area contributed by atoms with Crippen molar-refractivity contribution >= 4 is 27.0 Å². The topological polar surface area (TPSA) is 57.2 Å². The molecule has 0 aliphatic carbocycles. The van der Waals surface area contributed by atoms with Gasteiger partial charge in [-0.15, -0.1) is 0 Å². The van der Waals surface area contributed by atoms with Crippen molar-refractivity contribution in [3.63, 3.8) is 0 Å². The van der Waals surface area contributed by atoms with Gasteiger partial charge in [0.2, 0.25) is 8.32 Å². The number of hydrogen-bond donors (Lipinski definition) is 1. The van der Waals surface area contributed by atoms with E-state index >= 15 is 0 Å². The molecular weight excluding hydrogens is 569 g/mol. The van der Waals surface area contributed by atoms with Gasteiger partial charge >= 0.3 is 0 Å². The molecule has 0 saturated carbocycles. The molecule has 2 aromatic rings. The maximum Gasteiger partial charge on any atom is 0.261 e. The van der Waals surface area contributed by atoms with E-state index in [0.717, 1.165) is 19.3 Å². The van der Waals surface area contributed by atoms with Gasteiger partial charge in [-0.25, -0.2) is 0 Å². The van der Waals surface area contributed by atoms with Gasteiger partial charge in [-0.2, -0.15) is 0 Å². The molecule has 2 aliphatic rings. The Morgan fingerprint density at radius 1 is 0.860 bits per heavy atom. The molecule has 0 unspecified atom stereocenters. The average Bonchev–Trinajstić information content (AvgIpc) is 2.96. The lowest BCUT2D eigenvalue weighted by Crippen LogP contribution is -2.67. The first-order valence-electron chi connectivity index (χ1n) is 16.7. The Kier molecular flexibility index (Phi) is 11.2. The second-order valence-corrected chi connectivity index (χ2v) is 24.5. The van der Waals surface area contributed by atoms with Crippen LogP contribution < -0.4 is 10.4 Å². The zero-order chi connectivity index (χ0) is 31.5. The highest BCUT2D eigenvalue weighted by Crippen LogP contribution is 2.47. The maximum atomic E-state index is 11.9. The first-order valence-corrected chi connectivity index (χ1v) is 20.8. The summed E-state index contributed by atoms with van der Waals surface area (Å²) in [7, 11) is -4.89. The molecular formula is C36H58O5Si2. The SMILES string of the molecule is CC(C)[Si](O[C@@H]1C[C@@H](CCO[Si](c2ccccc2)(c2ccccc2)C(C)(C)C)O[C@]2(CCCCO2)[C@H]1O)(C(C)C)C(C)C. The van der Waals surface area contributed by atoms with Crippen molar-refractivity contribution in [1.82, 2.24) is 0 Å². The minimum atomic E-state index is -2.66. The van der Waals surface area contributed by atoms with Crippen LogP contribution in [0.5, 0.6) is 0 Å². The van der Waals surface area contributed by atoms with Crippen LogP contribution in [0.2, 0.25) is 21.7 Å². The van der Waals surface area contributed by atoms with Crippen molar-refractivity contribution in [3.05, 3.63) is 60.7 Å². The van der Waals surface area contributed by atoms with Crippen LogP contribution in [0, 0.1) is 0 Å².